The quantitative estimate of drug-likeness (QED) is 0.236. The fraction of sp³-hybridized carbons (Fsp3) is 0.760. The van der Waals surface area contributed by atoms with Gasteiger partial charge in [0.25, 0.3) is 0 Å². The van der Waals surface area contributed by atoms with Gasteiger partial charge in [-0.05, 0) is 69.7 Å². The molecule has 8 nitrogen and oxygen atoms in total. The first kappa shape index (κ1) is 28.1. The highest BCUT2D eigenvalue weighted by atomic mass is 15.1. The largest absolute Gasteiger partial charge is 0.329 e. The van der Waals surface area contributed by atoms with Crippen molar-refractivity contribution in [1.82, 2.24) is 31.1 Å². The Morgan fingerprint density at radius 2 is 1.45 bits per heavy atom. The van der Waals surface area contributed by atoms with Gasteiger partial charge in [0.05, 0.1) is 0 Å². The smallest absolute Gasteiger partial charge is 0.0234 e. The molecule has 1 aromatic rings. The second-order valence-corrected chi connectivity index (χ2v) is 9.01. The topological polar surface area (TPSA) is 107 Å². The Bertz CT molecular complexity index is 554. The molecule has 1 aromatic carbocycles. The Hall–Kier alpha value is -1.10. The third kappa shape index (κ3) is 14.0. The summed E-state index contributed by atoms with van der Waals surface area (Å²) in [6.45, 7) is 15.9. The highest BCUT2D eigenvalue weighted by molar-refractivity contribution is 5.22. The molecule has 2 rings (SSSR count). The molecule has 8 heteroatoms. The first-order chi connectivity index (χ1) is 16.3. The summed E-state index contributed by atoms with van der Waals surface area (Å²) in [4.78, 5) is 5.04. The Morgan fingerprint density at radius 1 is 0.758 bits per heavy atom. The van der Waals surface area contributed by atoms with Gasteiger partial charge in [0.2, 0.25) is 0 Å². The average molecular weight is 463 g/mol. The second-order valence-electron chi connectivity index (χ2n) is 9.01. The number of nitrogens with one attached hydrogen (secondary N) is 4. The van der Waals surface area contributed by atoms with Crippen molar-refractivity contribution < 1.29 is 0 Å². The van der Waals surface area contributed by atoms with Crippen LogP contribution in [0, 0.1) is 0 Å². The van der Waals surface area contributed by atoms with Crippen molar-refractivity contribution in [2.75, 3.05) is 91.6 Å². The molecule has 0 spiro atoms. The van der Waals surface area contributed by atoms with Crippen LogP contribution in [-0.4, -0.2) is 101 Å². The summed E-state index contributed by atoms with van der Waals surface area (Å²) in [6.07, 6.45) is 3.49. The van der Waals surface area contributed by atoms with Crippen LogP contribution < -0.4 is 32.7 Å². The van der Waals surface area contributed by atoms with Gasteiger partial charge in [0, 0.05) is 65.4 Å². The highest BCUT2D eigenvalue weighted by Gasteiger charge is 2.08. The van der Waals surface area contributed by atoms with Gasteiger partial charge in [0.1, 0.15) is 0 Å². The molecule has 1 saturated heterocycles. The number of nitrogens with two attached hydrogens (primary N) is 2. The van der Waals surface area contributed by atoms with Crippen molar-refractivity contribution >= 4 is 0 Å². The Labute approximate surface area is 202 Å². The maximum Gasteiger partial charge on any atom is 0.0234 e. The molecule has 0 aliphatic carbocycles. The van der Waals surface area contributed by atoms with Crippen LogP contribution in [0.1, 0.15) is 30.4 Å². The summed E-state index contributed by atoms with van der Waals surface area (Å²) < 4.78 is 0. The Kier molecular flexibility index (Phi) is 16.4. The van der Waals surface area contributed by atoms with Crippen molar-refractivity contribution in [3.05, 3.63) is 35.4 Å². The van der Waals surface area contributed by atoms with Gasteiger partial charge in [0.15, 0.2) is 0 Å². The first-order valence-corrected chi connectivity index (χ1v) is 13.1. The van der Waals surface area contributed by atoms with Gasteiger partial charge in [-0.3, -0.25) is 9.80 Å². The fourth-order valence-electron chi connectivity index (χ4n) is 4.20. The van der Waals surface area contributed by atoms with Gasteiger partial charge < -0.3 is 32.7 Å². The van der Waals surface area contributed by atoms with Gasteiger partial charge >= 0.3 is 0 Å². The van der Waals surface area contributed by atoms with Crippen LogP contribution in [-0.2, 0) is 13.1 Å². The van der Waals surface area contributed by atoms with E-state index in [1.807, 2.05) is 0 Å². The molecular formula is C25H50N8. The van der Waals surface area contributed by atoms with Gasteiger partial charge in [-0.1, -0.05) is 24.3 Å². The van der Waals surface area contributed by atoms with Crippen molar-refractivity contribution in [2.45, 2.75) is 32.4 Å². The minimum atomic E-state index is 0.696. The van der Waals surface area contributed by atoms with E-state index >= 15 is 0 Å². The zero-order valence-electron chi connectivity index (χ0n) is 20.8. The molecular weight excluding hydrogens is 412 g/mol. The monoisotopic (exact) mass is 462 g/mol. The highest BCUT2D eigenvalue weighted by Crippen LogP contribution is 2.11. The predicted octanol–water partition coefficient (Wildman–Crippen LogP) is -0.250. The van der Waals surface area contributed by atoms with Crippen LogP contribution in [0.5, 0.6) is 0 Å². The lowest BCUT2D eigenvalue weighted by molar-refractivity contribution is 0.259. The van der Waals surface area contributed by atoms with Crippen LogP contribution in [0.2, 0.25) is 0 Å². The Balaban J connectivity index is 1.80. The minimum Gasteiger partial charge on any atom is -0.329 e. The summed E-state index contributed by atoms with van der Waals surface area (Å²) in [5.74, 6) is 0. The number of hydrogen-bond donors (Lipinski definition) is 6. The van der Waals surface area contributed by atoms with E-state index in [0.29, 0.717) is 13.1 Å². The molecule has 1 aliphatic heterocycles. The number of nitrogens with zero attached hydrogens (tertiary/aromatic N) is 2. The molecule has 0 atom stereocenters. The van der Waals surface area contributed by atoms with E-state index in [4.69, 9.17) is 11.5 Å². The standard InChI is InChI=1S/C25H50N8/c26-8-14-28-12-2-18-32(20-9-27)22-24-4-6-25(7-5-24)23-33-19-3-13-30-16-15-29-10-1-11-31-17-21-33/h4-7,28-31H,1-3,8-23,26-27H2. The number of hydrogen-bond acceptors (Lipinski definition) is 8. The molecule has 0 unspecified atom stereocenters. The predicted molar refractivity (Wildman–Crippen MR) is 140 cm³/mol. The van der Waals surface area contributed by atoms with Crippen LogP contribution in [0.15, 0.2) is 24.3 Å². The van der Waals surface area contributed by atoms with E-state index < -0.39 is 0 Å². The lowest BCUT2D eigenvalue weighted by Crippen LogP contribution is -2.36. The summed E-state index contributed by atoms with van der Waals surface area (Å²) in [6, 6.07) is 9.20. The van der Waals surface area contributed by atoms with Gasteiger partial charge in [-0.2, -0.15) is 0 Å². The van der Waals surface area contributed by atoms with Crippen LogP contribution in [0.4, 0.5) is 0 Å². The van der Waals surface area contributed by atoms with E-state index in [-0.39, 0.29) is 0 Å². The molecule has 1 aliphatic rings. The van der Waals surface area contributed by atoms with Crippen LogP contribution in [0.25, 0.3) is 0 Å². The summed E-state index contributed by atoms with van der Waals surface area (Å²) in [7, 11) is 0. The Morgan fingerprint density at radius 3 is 2.18 bits per heavy atom. The molecule has 0 saturated carbocycles. The summed E-state index contributed by atoms with van der Waals surface area (Å²) in [5, 5.41) is 14.0. The van der Waals surface area contributed by atoms with E-state index in [0.717, 1.165) is 98.0 Å². The number of benzene rings is 1. The SMILES string of the molecule is NCCNCCCN(CCN)Cc1ccc(CN2CCCNCCNCCCNCC2)cc1. The minimum absolute atomic E-state index is 0.696. The van der Waals surface area contributed by atoms with Crippen molar-refractivity contribution in [2.24, 2.45) is 11.5 Å². The zero-order valence-corrected chi connectivity index (χ0v) is 20.8. The lowest BCUT2D eigenvalue weighted by Gasteiger charge is -2.24. The molecule has 0 aromatic heterocycles. The molecule has 8 N–H and O–H groups in total. The molecule has 0 amide bonds. The van der Waals surface area contributed by atoms with Crippen molar-refractivity contribution in [3.8, 4) is 0 Å². The average Bonchev–Trinajstić information content (AvgIpc) is 2.82. The van der Waals surface area contributed by atoms with E-state index in [1.165, 1.54) is 24.0 Å². The summed E-state index contributed by atoms with van der Waals surface area (Å²) in [5.41, 5.74) is 14.2. The molecule has 1 heterocycles. The summed E-state index contributed by atoms with van der Waals surface area (Å²) >= 11 is 0. The van der Waals surface area contributed by atoms with E-state index in [2.05, 4.69) is 55.3 Å². The van der Waals surface area contributed by atoms with Crippen LogP contribution >= 0.6 is 0 Å². The molecule has 0 radical (unpaired) electrons. The molecule has 33 heavy (non-hydrogen) atoms. The zero-order chi connectivity index (χ0) is 23.4. The fourth-order valence-corrected chi connectivity index (χ4v) is 4.20. The number of rotatable bonds is 12. The van der Waals surface area contributed by atoms with Crippen molar-refractivity contribution in [3.63, 3.8) is 0 Å². The van der Waals surface area contributed by atoms with Gasteiger partial charge in [-0.25, -0.2) is 0 Å². The second kappa shape index (κ2) is 19.2. The molecule has 1 fully saturated rings. The molecule has 0 bridgehead atoms. The third-order valence-electron chi connectivity index (χ3n) is 6.05. The van der Waals surface area contributed by atoms with Gasteiger partial charge in [-0.15, -0.1) is 0 Å². The molecule has 190 valence electrons. The van der Waals surface area contributed by atoms with Crippen molar-refractivity contribution in [1.29, 1.82) is 0 Å². The third-order valence-corrected chi connectivity index (χ3v) is 6.05. The maximum atomic E-state index is 5.85. The normalized spacial score (nSPS) is 17.8. The first-order valence-electron chi connectivity index (χ1n) is 13.1. The maximum absolute atomic E-state index is 5.85. The van der Waals surface area contributed by atoms with E-state index in [9.17, 15) is 0 Å². The van der Waals surface area contributed by atoms with E-state index in [1.54, 1.807) is 0 Å². The van der Waals surface area contributed by atoms with Crippen LogP contribution in [0.3, 0.4) is 0 Å². The lowest BCUT2D eigenvalue weighted by atomic mass is 10.1.